The summed E-state index contributed by atoms with van der Waals surface area (Å²) in [6.07, 6.45) is 2.62. The maximum absolute atomic E-state index is 9.53. The Bertz CT molecular complexity index is 414. The molecule has 2 heterocycles. The lowest BCUT2D eigenvalue weighted by atomic mass is 10.2. The zero-order valence-corrected chi connectivity index (χ0v) is 7.66. The van der Waals surface area contributed by atoms with Crippen molar-refractivity contribution in [3.63, 3.8) is 0 Å². The number of hydrogen-bond donors (Lipinski definition) is 2. The molecule has 3 N–H and O–H groups in total. The molecule has 2 aromatic heterocycles. The molecule has 5 heteroatoms. The largest absolute Gasteiger partial charge is 0.386 e. The molecule has 2 aromatic rings. The molecule has 0 amide bonds. The Morgan fingerprint density at radius 3 is 3.00 bits per heavy atom. The molecule has 0 aliphatic carbocycles. The average Bonchev–Trinajstić information content (AvgIpc) is 2.60. The van der Waals surface area contributed by atoms with Gasteiger partial charge in [0.25, 0.3) is 0 Å². The first-order chi connectivity index (χ1) is 6.33. The number of nitrogens with two attached hydrogens (primary N) is 1. The highest BCUT2D eigenvalue weighted by molar-refractivity contribution is 7.11. The molecule has 0 aliphatic rings. The highest BCUT2D eigenvalue weighted by Crippen LogP contribution is 2.27. The first kappa shape index (κ1) is 8.55. The summed E-state index contributed by atoms with van der Waals surface area (Å²) in [6.45, 7) is 0.214. The van der Waals surface area contributed by atoms with Crippen molar-refractivity contribution >= 4 is 22.4 Å². The molecule has 1 atom stereocenters. The van der Waals surface area contributed by atoms with E-state index < -0.39 is 6.10 Å². The molecule has 1 unspecified atom stereocenters. The van der Waals surface area contributed by atoms with Gasteiger partial charge >= 0.3 is 0 Å². The molecular weight excluding hydrogens is 186 g/mol. The van der Waals surface area contributed by atoms with Crippen LogP contribution in [0.3, 0.4) is 0 Å². The third kappa shape index (κ3) is 1.41. The third-order valence-electron chi connectivity index (χ3n) is 1.78. The second kappa shape index (κ2) is 3.37. The van der Waals surface area contributed by atoms with Crippen LogP contribution in [-0.2, 0) is 0 Å². The van der Waals surface area contributed by atoms with Gasteiger partial charge in [-0.05, 0) is 0 Å². The average molecular weight is 195 g/mol. The predicted octanol–water partition coefficient (Wildman–Crippen LogP) is 0.683. The number of nitrogens with zero attached hydrogens (tertiary/aromatic N) is 2. The second-order valence-corrected chi connectivity index (χ2v) is 3.55. The van der Waals surface area contributed by atoms with E-state index in [2.05, 4.69) is 9.97 Å². The van der Waals surface area contributed by atoms with Gasteiger partial charge in [0.1, 0.15) is 11.6 Å². The van der Waals surface area contributed by atoms with Crippen molar-refractivity contribution in [2.75, 3.05) is 6.54 Å². The van der Waals surface area contributed by atoms with Crippen LogP contribution >= 0.6 is 11.3 Å². The Morgan fingerprint density at radius 2 is 2.23 bits per heavy atom. The van der Waals surface area contributed by atoms with Crippen LogP contribution in [0.5, 0.6) is 0 Å². The fraction of sp³-hybridized carbons (Fsp3) is 0.250. The monoisotopic (exact) mass is 195 g/mol. The quantitative estimate of drug-likeness (QED) is 0.739. The summed E-state index contributed by atoms with van der Waals surface area (Å²) in [5.41, 5.74) is 6.93. The van der Waals surface area contributed by atoms with Crippen molar-refractivity contribution in [1.29, 1.82) is 0 Å². The number of rotatable bonds is 2. The highest BCUT2D eigenvalue weighted by atomic mass is 32.1. The van der Waals surface area contributed by atoms with E-state index in [1.165, 1.54) is 11.3 Å². The predicted molar refractivity (Wildman–Crippen MR) is 51.4 cm³/mol. The van der Waals surface area contributed by atoms with Crippen LogP contribution < -0.4 is 5.73 Å². The summed E-state index contributed by atoms with van der Waals surface area (Å²) < 4.78 is 0. The summed E-state index contributed by atoms with van der Waals surface area (Å²) in [7, 11) is 0. The van der Waals surface area contributed by atoms with Crippen molar-refractivity contribution in [3.8, 4) is 0 Å². The minimum Gasteiger partial charge on any atom is -0.386 e. The molecule has 0 fully saturated rings. The van der Waals surface area contributed by atoms with E-state index in [9.17, 15) is 5.11 Å². The second-order valence-electron chi connectivity index (χ2n) is 2.64. The number of aliphatic hydroxyl groups excluding tert-OH is 1. The van der Waals surface area contributed by atoms with Crippen LogP contribution in [-0.4, -0.2) is 21.6 Å². The van der Waals surface area contributed by atoms with Crippen molar-refractivity contribution in [2.24, 2.45) is 5.73 Å². The number of hydrogen-bond acceptors (Lipinski definition) is 5. The van der Waals surface area contributed by atoms with E-state index in [0.29, 0.717) is 0 Å². The van der Waals surface area contributed by atoms with Gasteiger partial charge in [-0.15, -0.1) is 11.3 Å². The Morgan fingerprint density at radius 1 is 1.46 bits per heavy atom. The van der Waals surface area contributed by atoms with Gasteiger partial charge in [0.15, 0.2) is 0 Å². The Hall–Kier alpha value is -1.04. The lowest BCUT2D eigenvalue weighted by Gasteiger charge is -2.03. The number of thiophene rings is 1. The SMILES string of the molecule is NCC(O)c1scc2nccnc12. The molecule has 0 radical (unpaired) electrons. The summed E-state index contributed by atoms with van der Waals surface area (Å²) in [5, 5.41) is 11.4. The molecule has 0 bridgehead atoms. The normalized spacial score (nSPS) is 13.4. The fourth-order valence-corrected chi connectivity index (χ4v) is 2.08. The van der Waals surface area contributed by atoms with Gasteiger partial charge in [0.2, 0.25) is 0 Å². The van der Waals surface area contributed by atoms with Crippen molar-refractivity contribution < 1.29 is 5.11 Å². The van der Waals surface area contributed by atoms with Crippen molar-refractivity contribution in [1.82, 2.24) is 9.97 Å². The lowest BCUT2D eigenvalue weighted by Crippen LogP contribution is -2.10. The lowest BCUT2D eigenvalue weighted by molar-refractivity contribution is 0.192. The Kier molecular flexibility index (Phi) is 2.22. The minimum atomic E-state index is -0.626. The van der Waals surface area contributed by atoms with Crippen LogP contribution in [0.15, 0.2) is 17.8 Å². The minimum absolute atomic E-state index is 0.214. The molecule has 0 saturated heterocycles. The fourth-order valence-electron chi connectivity index (χ4n) is 1.14. The van der Waals surface area contributed by atoms with Crippen molar-refractivity contribution in [2.45, 2.75) is 6.10 Å². The van der Waals surface area contributed by atoms with Gasteiger partial charge < -0.3 is 10.8 Å². The maximum atomic E-state index is 9.53. The standard InChI is InChI=1S/C8H9N3OS/c9-3-6(12)8-7-5(4-13-8)10-1-2-11-7/h1-2,4,6,12H,3,9H2. The molecule has 0 aliphatic heterocycles. The molecule has 68 valence electrons. The summed E-state index contributed by atoms with van der Waals surface area (Å²) >= 11 is 1.44. The van der Waals surface area contributed by atoms with Gasteiger partial charge in [-0.25, -0.2) is 0 Å². The molecular formula is C8H9N3OS. The molecule has 4 nitrogen and oxygen atoms in total. The summed E-state index contributed by atoms with van der Waals surface area (Å²) in [5.74, 6) is 0. The summed E-state index contributed by atoms with van der Waals surface area (Å²) in [6, 6.07) is 0. The zero-order chi connectivity index (χ0) is 9.26. The smallest absolute Gasteiger partial charge is 0.105 e. The van der Waals surface area contributed by atoms with Crippen LogP contribution in [0.2, 0.25) is 0 Å². The Labute approximate surface area is 79.1 Å². The molecule has 0 aromatic carbocycles. The first-order valence-electron chi connectivity index (χ1n) is 3.89. The van der Waals surface area contributed by atoms with E-state index in [-0.39, 0.29) is 6.54 Å². The van der Waals surface area contributed by atoms with Gasteiger partial charge in [-0.2, -0.15) is 0 Å². The molecule has 0 saturated carbocycles. The van der Waals surface area contributed by atoms with E-state index in [1.807, 2.05) is 5.38 Å². The van der Waals surface area contributed by atoms with Crippen LogP contribution in [0, 0.1) is 0 Å². The first-order valence-corrected chi connectivity index (χ1v) is 4.77. The van der Waals surface area contributed by atoms with E-state index in [1.54, 1.807) is 12.4 Å². The van der Waals surface area contributed by atoms with Gasteiger partial charge in [0, 0.05) is 24.3 Å². The van der Waals surface area contributed by atoms with E-state index in [0.717, 1.165) is 15.9 Å². The number of fused-ring (bicyclic) bond motifs is 1. The van der Waals surface area contributed by atoms with Crippen LogP contribution in [0.1, 0.15) is 11.0 Å². The molecule has 2 rings (SSSR count). The molecule has 13 heavy (non-hydrogen) atoms. The van der Waals surface area contributed by atoms with Crippen LogP contribution in [0.25, 0.3) is 11.0 Å². The summed E-state index contributed by atoms with van der Waals surface area (Å²) in [4.78, 5) is 9.05. The van der Waals surface area contributed by atoms with Crippen LogP contribution in [0.4, 0.5) is 0 Å². The third-order valence-corrected chi connectivity index (χ3v) is 2.84. The van der Waals surface area contributed by atoms with Gasteiger partial charge in [-0.1, -0.05) is 0 Å². The topological polar surface area (TPSA) is 72.0 Å². The number of aliphatic hydroxyl groups is 1. The zero-order valence-electron chi connectivity index (χ0n) is 6.84. The maximum Gasteiger partial charge on any atom is 0.105 e. The number of aromatic nitrogens is 2. The Balaban J connectivity index is 2.57. The van der Waals surface area contributed by atoms with Crippen molar-refractivity contribution in [3.05, 3.63) is 22.7 Å². The van der Waals surface area contributed by atoms with E-state index in [4.69, 9.17) is 5.73 Å². The highest BCUT2D eigenvalue weighted by Gasteiger charge is 2.12. The van der Waals surface area contributed by atoms with Gasteiger partial charge in [0.05, 0.1) is 10.4 Å². The van der Waals surface area contributed by atoms with Gasteiger partial charge in [-0.3, -0.25) is 9.97 Å². The van der Waals surface area contributed by atoms with E-state index >= 15 is 0 Å². The molecule has 0 spiro atoms.